The fourth-order valence-electron chi connectivity index (χ4n) is 2.41. The predicted octanol–water partition coefficient (Wildman–Crippen LogP) is 5.95. The molecular formula is C21H23BrClN3O2. The van der Waals surface area contributed by atoms with E-state index in [1.165, 1.54) is 6.08 Å². The molecule has 1 aromatic carbocycles. The summed E-state index contributed by atoms with van der Waals surface area (Å²) in [6.45, 7) is 6.29. The molecule has 2 aromatic heterocycles. The van der Waals surface area contributed by atoms with E-state index >= 15 is 0 Å². The number of aryl methyl sites for hydroxylation is 1. The molecule has 148 valence electrons. The number of hydrogen-bond acceptors (Lipinski definition) is 4. The van der Waals surface area contributed by atoms with Crippen LogP contribution in [0.2, 0.25) is 5.02 Å². The molecule has 1 amide bonds. The summed E-state index contributed by atoms with van der Waals surface area (Å²) in [6.07, 6.45) is 6.95. The summed E-state index contributed by atoms with van der Waals surface area (Å²) in [7, 11) is 0. The lowest BCUT2D eigenvalue weighted by atomic mass is 10.2. The molecule has 0 aliphatic rings. The number of benzene rings is 1. The number of nitrogens with one attached hydrogen (secondary N) is 1. The Kier molecular flexibility index (Phi) is 8.67. The molecular weight excluding hydrogens is 442 g/mol. The average Bonchev–Trinajstić information content (AvgIpc) is 3.11. The fraction of sp³-hybridized carbons (Fsp3) is 0.286. The van der Waals surface area contributed by atoms with Crippen LogP contribution in [0.15, 0.2) is 45.4 Å². The first-order valence-corrected chi connectivity index (χ1v) is 10.4. The number of pyridine rings is 1. The van der Waals surface area contributed by atoms with Crippen molar-refractivity contribution in [2.24, 2.45) is 0 Å². The Morgan fingerprint density at radius 3 is 2.79 bits per heavy atom. The number of nitrogens with zero attached hydrogens (tertiary/aromatic N) is 2. The molecule has 3 aromatic rings. The third-order valence-electron chi connectivity index (χ3n) is 3.65. The number of hydrogen-bond donors (Lipinski definition) is 1. The Balaban J connectivity index is 0.00000136. The SMILES string of the molecule is CC.CCCc1ccc(/C=C/C(=O)NCc2nc3cc(Br)cc(Cl)c3o2)cn1. The minimum Gasteiger partial charge on any atom is -0.437 e. The van der Waals surface area contributed by atoms with Crippen LogP contribution in [0, 0.1) is 0 Å². The molecule has 0 saturated carbocycles. The van der Waals surface area contributed by atoms with Crippen LogP contribution in [-0.2, 0) is 17.8 Å². The number of aromatic nitrogens is 2. The van der Waals surface area contributed by atoms with Crippen molar-refractivity contribution in [3.05, 3.63) is 63.2 Å². The van der Waals surface area contributed by atoms with Gasteiger partial charge in [-0.3, -0.25) is 9.78 Å². The van der Waals surface area contributed by atoms with E-state index in [1.807, 2.05) is 32.0 Å². The van der Waals surface area contributed by atoms with Crippen molar-refractivity contribution in [2.45, 2.75) is 40.2 Å². The first-order valence-electron chi connectivity index (χ1n) is 9.20. The van der Waals surface area contributed by atoms with Crippen molar-refractivity contribution in [2.75, 3.05) is 0 Å². The minimum absolute atomic E-state index is 0.180. The number of halogens is 2. The van der Waals surface area contributed by atoms with Gasteiger partial charge in [-0.15, -0.1) is 0 Å². The van der Waals surface area contributed by atoms with Crippen molar-refractivity contribution in [3.8, 4) is 0 Å². The third kappa shape index (κ3) is 6.17. The number of rotatable bonds is 6. The highest BCUT2D eigenvalue weighted by molar-refractivity contribution is 9.10. The van der Waals surface area contributed by atoms with Gasteiger partial charge in [0, 0.05) is 22.4 Å². The fourth-order valence-corrected chi connectivity index (χ4v) is 3.24. The molecule has 0 radical (unpaired) electrons. The van der Waals surface area contributed by atoms with E-state index in [1.54, 1.807) is 18.3 Å². The van der Waals surface area contributed by atoms with Crippen LogP contribution in [0.1, 0.15) is 44.3 Å². The monoisotopic (exact) mass is 463 g/mol. The van der Waals surface area contributed by atoms with Crippen LogP contribution >= 0.6 is 27.5 Å². The largest absolute Gasteiger partial charge is 0.437 e. The van der Waals surface area contributed by atoms with Crippen molar-refractivity contribution in [3.63, 3.8) is 0 Å². The zero-order valence-electron chi connectivity index (χ0n) is 16.1. The van der Waals surface area contributed by atoms with Gasteiger partial charge in [-0.1, -0.05) is 60.8 Å². The molecule has 0 fully saturated rings. The summed E-state index contributed by atoms with van der Waals surface area (Å²) < 4.78 is 6.41. The Hall–Kier alpha value is -2.18. The van der Waals surface area contributed by atoms with Gasteiger partial charge in [-0.2, -0.15) is 0 Å². The van der Waals surface area contributed by atoms with Gasteiger partial charge in [0.15, 0.2) is 5.58 Å². The van der Waals surface area contributed by atoms with E-state index in [-0.39, 0.29) is 12.5 Å². The molecule has 0 atom stereocenters. The topological polar surface area (TPSA) is 68.0 Å². The van der Waals surface area contributed by atoms with E-state index in [2.05, 4.69) is 38.1 Å². The smallest absolute Gasteiger partial charge is 0.244 e. The second kappa shape index (κ2) is 11.0. The van der Waals surface area contributed by atoms with Crippen molar-refractivity contribution < 1.29 is 9.21 Å². The lowest BCUT2D eigenvalue weighted by Crippen LogP contribution is -2.20. The maximum Gasteiger partial charge on any atom is 0.244 e. The number of amides is 1. The van der Waals surface area contributed by atoms with Gasteiger partial charge in [0.2, 0.25) is 11.8 Å². The van der Waals surface area contributed by atoms with Crippen molar-refractivity contribution >= 4 is 50.6 Å². The number of carbonyl (C=O) groups excluding carboxylic acids is 1. The zero-order chi connectivity index (χ0) is 20.5. The first kappa shape index (κ1) is 22.1. The molecule has 0 saturated heterocycles. The highest BCUT2D eigenvalue weighted by atomic mass is 79.9. The summed E-state index contributed by atoms with van der Waals surface area (Å²) in [5.74, 6) is 0.157. The van der Waals surface area contributed by atoms with Gasteiger partial charge in [-0.05, 0) is 36.3 Å². The summed E-state index contributed by atoms with van der Waals surface area (Å²) in [5, 5.41) is 3.21. The third-order valence-corrected chi connectivity index (χ3v) is 4.39. The molecule has 0 spiro atoms. The first-order chi connectivity index (χ1) is 13.5. The minimum atomic E-state index is -0.239. The maximum atomic E-state index is 12.0. The van der Waals surface area contributed by atoms with Crippen LogP contribution < -0.4 is 5.32 Å². The van der Waals surface area contributed by atoms with Gasteiger partial charge in [0.1, 0.15) is 5.52 Å². The number of carbonyl (C=O) groups is 1. The molecule has 1 N–H and O–H groups in total. The van der Waals surface area contributed by atoms with Gasteiger partial charge >= 0.3 is 0 Å². The maximum absolute atomic E-state index is 12.0. The van der Waals surface area contributed by atoms with Crippen LogP contribution in [0.3, 0.4) is 0 Å². The summed E-state index contributed by atoms with van der Waals surface area (Å²) in [6, 6.07) is 7.47. The van der Waals surface area contributed by atoms with Gasteiger partial charge < -0.3 is 9.73 Å². The molecule has 28 heavy (non-hydrogen) atoms. The zero-order valence-corrected chi connectivity index (χ0v) is 18.5. The standard InChI is InChI=1S/C19H17BrClN3O2.C2H6/c1-2-3-14-6-4-12(10-22-14)5-7-17(25)23-11-18-24-16-9-13(20)8-15(21)19(16)26-18;1-2/h4-10H,2-3,11H2,1H3,(H,23,25);1-2H3/b7-5+;. The lowest BCUT2D eigenvalue weighted by Gasteiger charge is -1.99. The van der Waals surface area contributed by atoms with Crippen LogP contribution in [0.5, 0.6) is 0 Å². The van der Waals surface area contributed by atoms with Crippen LogP contribution in [0.4, 0.5) is 0 Å². The van der Waals surface area contributed by atoms with Crippen LogP contribution in [0.25, 0.3) is 17.2 Å². The van der Waals surface area contributed by atoms with E-state index in [9.17, 15) is 4.79 Å². The molecule has 0 bridgehead atoms. The van der Waals surface area contributed by atoms with Gasteiger partial charge in [0.25, 0.3) is 0 Å². The average molecular weight is 465 g/mol. The quantitative estimate of drug-likeness (QED) is 0.458. The molecule has 0 aliphatic heterocycles. The Bertz CT molecular complexity index is 952. The normalized spacial score (nSPS) is 10.8. The number of oxazole rings is 1. The second-order valence-electron chi connectivity index (χ2n) is 5.73. The van der Waals surface area contributed by atoms with Gasteiger partial charge in [0.05, 0.1) is 11.6 Å². The Labute approximate surface area is 178 Å². The summed E-state index contributed by atoms with van der Waals surface area (Å²) >= 11 is 9.48. The van der Waals surface area contributed by atoms with E-state index in [0.29, 0.717) is 22.0 Å². The highest BCUT2D eigenvalue weighted by Crippen LogP contribution is 2.28. The van der Waals surface area contributed by atoms with Gasteiger partial charge in [-0.25, -0.2) is 4.98 Å². The Morgan fingerprint density at radius 2 is 2.11 bits per heavy atom. The number of fused-ring (bicyclic) bond motifs is 1. The molecule has 2 heterocycles. The molecule has 7 heteroatoms. The predicted molar refractivity (Wildman–Crippen MR) is 117 cm³/mol. The summed E-state index contributed by atoms with van der Waals surface area (Å²) in [5.41, 5.74) is 3.07. The second-order valence-corrected chi connectivity index (χ2v) is 7.05. The molecule has 0 unspecified atom stereocenters. The molecule has 0 aliphatic carbocycles. The van der Waals surface area contributed by atoms with Crippen molar-refractivity contribution in [1.82, 2.24) is 15.3 Å². The van der Waals surface area contributed by atoms with E-state index < -0.39 is 0 Å². The highest BCUT2D eigenvalue weighted by Gasteiger charge is 2.10. The lowest BCUT2D eigenvalue weighted by molar-refractivity contribution is -0.116. The van der Waals surface area contributed by atoms with Crippen LogP contribution in [-0.4, -0.2) is 15.9 Å². The molecule has 3 rings (SSSR count). The Morgan fingerprint density at radius 1 is 1.32 bits per heavy atom. The van der Waals surface area contributed by atoms with E-state index in [0.717, 1.165) is 28.6 Å². The van der Waals surface area contributed by atoms with E-state index in [4.69, 9.17) is 16.0 Å². The van der Waals surface area contributed by atoms with Crippen molar-refractivity contribution in [1.29, 1.82) is 0 Å². The molecule has 5 nitrogen and oxygen atoms in total. The summed E-state index contributed by atoms with van der Waals surface area (Å²) in [4.78, 5) is 20.7.